The van der Waals surface area contributed by atoms with Crippen LogP contribution in [0.5, 0.6) is 5.75 Å². The predicted molar refractivity (Wildman–Crippen MR) is 120 cm³/mol. The van der Waals surface area contributed by atoms with Crippen LogP contribution in [0.3, 0.4) is 0 Å². The van der Waals surface area contributed by atoms with Gasteiger partial charge in [-0.1, -0.05) is 17.7 Å². The van der Waals surface area contributed by atoms with Gasteiger partial charge in [0.15, 0.2) is 0 Å². The normalized spacial score (nSPS) is 16.2. The van der Waals surface area contributed by atoms with Crippen molar-refractivity contribution in [3.05, 3.63) is 59.7 Å². The molecule has 0 spiro atoms. The first-order chi connectivity index (χ1) is 14.8. The molecular formula is C22H28N4O4S. The second-order valence-electron chi connectivity index (χ2n) is 7.45. The van der Waals surface area contributed by atoms with Crippen molar-refractivity contribution in [1.29, 1.82) is 0 Å². The molecule has 0 unspecified atom stereocenters. The summed E-state index contributed by atoms with van der Waals surface area (Å²) in [5.41, 5.74) is 5.16. The van der Waals surface area contributed by atoms with E-state index in [0.29, 0.717) is 36.8 Å². The quantitative estimate of drug-likeness (QED) is 0.520. The highest BCUT2D eigenvalue weighted by Crippen LogP contribution is 2.18. The lowest BCUT2D eigenvalue weighted by Gasteiger charge is -2.33. The van der Waals surface area contributed by atoms with Gasteiger partial charge in [-0.05, 0) is 55.8 Å². The van der Waals surface area contributed by atoms with Crippen LogP contribution in [0.25, 0.3) is 0 Å². The number of ether oxygens (including phenoxy) is 1. The van der Waals surface area contributed by atoms with Crippen molar-refractivity contribution in [2.75, 3.05) is 39.8 Å². The van der Waals surface area contributed by atoms with E-state index in [9.17, 15) is 13.2 Å². The molecule has 0 radical (unpaired) electrons. The number of benzene rings is 2. The largest absolute Gasteiger partial charge is 0.497 e. The molecule has 9 heteroatoms. The summed E-state index contributed by atoms with van der Waals surface area (Å²) in [6, 6.07) is 14.3. The molecule has 0 aromatic heterocycles. The lowest BCUT2D eigenvalue weighted by Crippen LogP contribution is -2.50. The lowest BCUT2D eigenvalue weighted by atomic mass is 10.1. The summed E-state index contributed by atoms with van der Waals surface area (Å²) < 4.78 is 32.2. The molecule has 31 heavy (non-hydrogen) atoms. The van der Waals surface area contributed by atoms with Gasteiger partial charge in [-0.15, -0.1) is 0 Å². The fourth-order valence-electron chi connectivity index (χ4n) is 3.27. The van der Waals surface area contributed by atoms with Gasteiger partial charge in [0.1, 0.15) is 5.75 Å². The van der Waals surface area contributed by atoms with E-state index in [1.165, 1.54) is 4.31 Å². The summed E-state index contributed by atoms with van der Waals surface area (Å²) in [5, 5.41) is 4.16. The predicted octanol–water partition coefficient (Wildman–Crippen LogP) is 1.85. The Labute approximate surface area is 183 Å². The van der Waals surface area contributed by atoms with Crippen LogP contribution in [0.1, 0.15) is 18.1 Å². The maximum atomic E-state index is 12.8. The summed E-state index contributed by atoms with van der Waals surface area (Å²) in [5.74, 6) is 0.520. The number of amides is 1. The van der Waals surface area contributed by atoms with E-state index in [0.717, 1.165) is 16.9 Å². The number of hydrazone groups is 1. The van der Waals surface area contributed by atoms with Gasteiger partial charge in [-0.25, -0.2) is 13.8 Å². The van der Waals surface area contributed by atoms with Gasteiger partial charge in [-0.3, -0.25) is 9.69 Å². The lowest BCUT2D eigenvalue weighted by molar-refractivity contribution is -0.122. The van der Waals surface area contributed by atoms with E-state index in [-0.39, 0.29) is 12.5 Å². The van der Waals surface area contributed by atoms with Crippen molar-refractivity contribution >= 4 is 21.6 Å². The molecule has 1 amide bonds. The zero-order valence-electron chi connectivity index (χ0n) is 18.0. The van der Waals surface area contributed by atoms with Crippen molar-refractivity contribution in [2.45, 2.75) is 18.7 Å². The number of nitrogens with one attached hydrogen (secondary N) is 1. The number of hydrogen-bond acceptors (Lipinski definition) is 6. The summed E-state index contributed by atoms with van der Waals surface area (Å²) >= 11 is 0. The van der Waals surface area contributed by atoms with Gasteiger partial charge in [0, 0.05) is 26.2 Å². The third kappa shape index (κ3) is 5.90. The third-order valence-electron chi connectivity index (χ3n) is 5.21. The van der Waals surface area contributed by atoms with Crippen LogP contribution in [0.2, 0.25) is 0 Å². The van der Waals surface area contributed by atoms with Gasteiger partial charge >= 0.3 is 0 Å². The number of carbonyl (C=O) groups excluding carboxylic acids is 1. The Morgan fingerprint density at radius 3 is 2.23 bits per heavy atom. The van der Waals surface area contributed by atoms with E-state index in [1.807, 2.05) is 43.0 Å². The zero-order chi connectivity index (χ0) is 22.4. The molecule has 166 valence electrons. The zero-order valence-corrected chi connectivity index (χ0v) is 18.9. The highest BCUT2D eigenvalue weighted by atomic mass is 32.2. The van der Waals surface area contributed by atoms with Crippen LogP contribution >= 0.6 is 0 Å². The van der Waals surface area contributed by atoms with Gasteiger partial charge in [-0.2, -0.15) is 9.41 Å². The van der Waals surface area contributed by atoms with Gasteiger partial charge < -0.3 is 4.74 Å². The molecule has 2 aromatic rings. The highest BCUT2D eigenvalue weighted by Gasteiger charge is 2.28. The molecule has 0 bridgehead atoms. The van der Waals surface area contributed by atoms with E-state index in [1.54, 1.807) is 31.4 Å². The Balaban J connectivity index is 1.49. The number of methoxy groups -OCH3 is 1. The molecule has 1 N–H and O–H groups in total. The minimum Gasteiger partial charge on any atom is -0.497 e. The molecular weight excluding hydrogens is 416 g/mol. The van der Waals surface area contributed by atoms with Crippen LogP contribution in [0, 0.1) is 6.92 Å². The summed E-state index contributed by atoms with van der Waals surface area (Å²) in [6.07, 6.45) is 0. The number of aryl methyl sites for hydroxylation is 1. The van der Waals surface area contributed by atoms with Crippen LogP contribution < -0.4 is 10.2 Å². The molecule has 0 saturated carbocycles. The molecule has 3 rings (SSSR count). The average Bonchev–Trinajstić information content (AvgIpc) is 2.78. The van der Waals surface area contributed by atoms with Crippen molar-refractivity contribution < 1.29 is 17.9 Å². The molecule has 1 aliphatic rings. The second-order valence-corrected chi connectivity index (χ2v) is 9.39. The molecule has 1 aliphatic heterocycles. The van der Waals surface area contributed by atoms with E-state index in [4.69, 9.17) is 4.74 Å². The number of carbonyl (C=O) groups is 1. The number of piperazine rings is 1. The first kappa shape index (κ1) is 22.9. The summed E-state index contributed by atoms with van der Waals surface area (Å²) in [6.45, 7) is 5.56. The van der Waals surface area contributed by atoms with Crippen molar-refractivity contribution in [3.63, 3.8) is 0 Å². The first-order valence-electron chi connectivity index (χ1n) is 10.1. The minimum absolute atomic E-state index is 0.164. The fraction of sp³-hybridized carbons (Fsp3) is 0.364. The maximum Gasteiger partial charge on any atom is 0.254 e. The third-order valence-corrected chi connectivity index (χ3v) is 7.13. The highest BCUT2D eigenvalue weighted by molar-refractivity contribution is 7.89. The Kier molecular flexibility index (Phi) is 7.42. The van der Waals surface area contributed by atoms with Gasteiger partial charge in [0.05, 0.1) is 24.3 Å². The van der Waals surface area contributed by atoms with Gasteiger partial charge in [0.2, 0.25) is 10.0 Å². The number of nitrogens with zero attached hydrogens (tertiary/aromatic N) is 3. The maximum absolute atomic E-state index is 12.8. The summed E-state index contributed by atoms with van der Waals surface area (Å²) in [4.78, 5) is 14.5. The van der Waals surface area contributed by atoms with Crippen LogP contribution in [-0.4, -0.2) is 69.1 Å². The van der Waals surface area contributed by atoms with Crippen LogP contribution in [0.4, 0.5) is 0 Å². The smallest absolute Gasteiger partial charge is 0.254 e. The molecule has 1 saturated heterocycles. The summed E-state index contributed by atoms with van der Waals surface area (Å²) in [7, 11) is -1.91. The van der Waals surface area contributed by atoms with Crippen molar-refractivity contribution in [1.82, 2.24) is 14.6 Å². The number of rotatable bonds is 7. The van der Waals surface area contributed by atoms with Crippen molar-refractivity contribution in [3.8, 4) is 5.75 Å². The number of hydrogen-bond donors (Lipinski definition) is 1. The molecule has 0 aliphatic carbocycles. The van der Waals surface area contributed by atoms with Gasteiger partial charge in [0.25, 0.3) is 5.91 Å². The minimum atomic E-state index is -3.51. The van der Waals surface area contributed by atoms with E-state index >= 15 is 0 Å². The monoisotopic (exact) mass is 444 g/mol. The first-order valence-corrected chi connectivity index (χ1v) is 11.5. The Hall–Kier alpha value is -2.75. The Morgan fingerprint density at radius 2 is 1.65 bits per heavy atom. The SMILES string of the molecule is COc1ccc(/C(C)=N/NC(=O)CN2CCN(S(=O)(=O)c3ccc(C)cc3)CC2)cc1. The molecule has 2 aromatic carbocycles. The van der Waals surface area contributed by atoms with Crippen LogP contribution in [0.15, 0.2) is 58.5 Å². The molecule has 8 nitrogen and oxygen atoms in total. The Bertz CT molecular complexity index is 1030. The second kappa shape index (κ2) is 10.0. The molecule has 0 atom stereocenters. The molecule has 1 heterocycles. The average molecular weight is 445 g/mol. The van der Waals surface area contributed by atoms with Crippen LogP contribution in [-0.2, 0) is 14.8 Å². The van der Waals surface area contributed by atoms with Crippen molar-refractivity contribution in [2.24, 2.45) is 5.10 Å². The fourth-order valence-corrected chi connectivity index (χ4v) is 4.69. The standard InChI is InChI=1S/C22H28N4O4S/c1-17-4-10-21(11-5-17)31(28,29)26-14-12-25(13-15-26)16-22(27)24-23-18(2)19-6-8-20(30-3)9-7-19/h4-11H,12-16H2,1-3H3,(H,24,27)/b23-18+. The Morgan fingerprint density at radius 1 is 1.03 bits per heavy atom. The molecule has 1 fully saturated rings. The van der Waals surface area contributed by atoms with E-state index in [2.05, 4.69) is 10.5 Å². The topological polar surface area (TPSA) is 91.3 Å². The van der Waals surface area contributed by atoms with E-state index < -0.39 is 10.0 Å². The number of sulfonamides is 1.